The van der Waals surface area contributed by atoms with Crippen LogP contribution < -0.4 is 4.74 Å². The number of aromatic nitrogens is 1. The molecule has 1 aromatic heterocycles. The van der Waals surface area contributed by atoms with Crippen LogP contribution >= 0.6 is 0 Å². The first-order valence-corrected chi connectivity index (χ1v) is 10.4. The van der Waals surface area contributed by atoms with Gasteiger partial charge in [-0.3, -0.25) is 9.69 Å². The molecule has 2 aliphatic rings. The van der Waals surface area contributed by atoms with Gasteiger partial charge in [-0.05, 0) is 51.0 Å². The van der Waals surface area contributed by atoms with Crippen molar-refractivity contribution < 1.29 is 18.8 Å². The van der Waals surface area contributed by atoms with Crippen LogP contribution in [0.15, 0.2) is 28.8 Å². The van der Waals surface area contributed by atoms with E-state index in [4.69, 9.17) is 14.0 Å². The minimum Gasteiger partial charge on any atom is -0.489 e. The smallest absolute Gasteiger partial charge is 0.253 e. The summed E-state index contributed by atoms with van der Waals surface area (Å²) in [5, 5.41) is 3.94. The Bertz CT molecular complexity index is 800. The number of hydrogen-bond donors (Lipinski definition) is 0. The largest absolute Gasteiger partial charge is 0.489 e. The molecule has 4 rings (SSSR count). The van der Waals surface area contributed by atoms with Crippen molar-refractivity contribution in [3.63, 3.8) is 0 Å². The Labute approximate surface area is 171 Å². The predicted molar refractivity (Wildman–Crippen MR) is 108 cm³/mol. The van der Waals surface area contributed by atoms with Gasteiger partial charge < -0.3 is 18.9 Å². The van der Waals surface area contributed by atoms with E-state index in [2.05, 4.69) is 10.1 Å². The molecule has 7 nitrogen and oxygen atoms in total. The van der Waals surface area contributed by atoms with Crippen molar-refractivity contribution in [1.82, 2.24) is 15.0 Å². The zero-order valence-corrected chi connectivity index (χ0v) is 17.2. The third-order valence-corrected chi connectivity index (χ3v) is 5.81. The molecule has 2 aliphatic heterocycles. The molecule has 0 bridgehead atoms. The Morgan fingerprint density at radius 1 is 1.17 bits per heavy atom. The second-order valence-corrected chi connectivity index (χ2v) is 7.84. The molecule has 1 aromatic carbocycles. The molecule has 0 spiro atoms. The molecule has 1 amide bonds. The maximum Gasteiger partial charge on any atom is 0.253 e. The molecule has 7 heteroatoms. The summed E-state index contributed by atoms with van der Waals surface area (Å²) in [7, 11) is 0. The Morgan fingerprint density at radius 2 is 1.93 bits per heavy atom. The van der Waals surface area contributed by atoms with Gasteiger partial charge in [-0.1, -0.05) is 5.16 Å². The summed E-state index contributed by atoms with van der Waals surface area (Å²) < 4.78 is 16.7. The summed E-state index contributed by atoms with van der Waals surface area (Å²) in [5.74, 6) is 1.58. The SMILES string of the molecule is Cc1noc(C)c1COc1ccc(C(=O)N2CCN(CC3CCCO3)CC2)cc1. The van der Waals surface area contributed by atoms with Gasteiger partial charge in [0.2, 0.25) is 0 Å². The molecular weight excluding hydrogens is 370 g/mol. The van der Waals surface area contributed by atoms with Crippen LogP contribution in [0.1, 0.15) is 40.2 Å². The van der Waals surface area contributed by atoms with Gasteiger partial charge in [0.1, 0.15) is 18.1 Å². The highest BCUT2D eigenvalue weighted by atomic mass is 16.5. The van der Waals surface area contributed by atoms with Crippen molar-refractivity contribution >= 4 is 5.91 Å². The van der Waals surface area contributed by atoms with Crippen molar-refractivity contribution in [2.75, 3.05) is 39.3 Å². The number of carbonyl (C=O) groups excluding carboxylic acids is 1. The van der Waals surface area contributed by atoms with Crippen LogP contribution in [0.5, 0.6) is 5.75 Å². The van der Waals surface area contributed by atoms with Gasteiger partial charge in [-0.15, -0.1) is 0 Å². The lowest BCUT2D eigenvalue weighted by Gasteiger charge is -2.35. The lowest BCUT2D eigenvalue weighted by Crippen LogP contribution is -2.50. The quantitative estimate of drug-likeness (QED) is 0.744. The molecule has 1 unspecified atom stereocenters. The van der Waals surface area contributed by atoms with Gasteiger partial charge in [0.05, 0.1) is 17.4 Å². The Morgan fingerprint density at radius 3 is 2.55 bits per heavy atom. The number of aryl methyl sites for hydroxylation is 2. The van der Waals surface area contributed by atoms with E-state index in [1.54, 1.807) is 0 Å². The van der Waals surface area contributed by atoms with Gasteiger partial charge in [-0.25, -0.2) is 0 Å². The fourth-order valence-electron chi connectivity index (χ4n) is 3.95. The molecule has 3 heterocycles. The molecule has 29 heavy (non-hydrogen) atoms. The second kappa shape index (κ2) is 8.97. The van der Waals surface area contributed by atoms with Crippen LogP contribution in [-0.2, 0) is 11.3 Å². The second-order valence-electron chi connectivity index (χ2n) is 7.84. The summed E-state index contributed by atoms with van der Waals surface area (Å²) >= 11 is 0. The van der Waals surface area contributed by atoms with E-state index < -0.39 is 0 Å². The lowest BCUT2D eigenvalue weighted by molar-refractivity contribution is 0.0432. The highest BCUT2D eigenvalue weighted by molar-refractivity contribution is 5.94. The van der Waals surface area contributed by atoms with E-state index in [9.17, 15) is 4.79 Å². The number of piperazine rings is 1. The van der Waals surface area contributed by atoms with Gasteiger partial charge in [0.25, 0.3) is 5.91 Å². The first-order chi connectivity index (χ1) is 14.1. The molecule has 0 aliphatic carbocycles. The standard InChI is InChI=1S/C22H29N3O4/c1-16-21(17(2)29-23-16)15-28-19-7-5-18(6-8-19)22(26)25-11-9-24(10-12-25)14-20-4-3-13-27-20/h5-8,20H,3-4,9-15H2,1-2H3. The average molecular weight is 399 g/mol. The number of benzene rings is 1. The molecule has 2 fully saturated rings. The first-order valence-electron chi connectivity index (χ1n) is 10.4. The monoisotopic (exact) mass is 399 g/mol. The number of carbonyl (C=O) groups is 1. The Balaban J connectivity index is 1.27. The first kappa shape index (κ1) is 19.9. The number of amides is 1. The van der Waals surface area contributed by atoms with Crippen molar-refractivity contribution in [3.05, 3.63) is 46.8 Å². The highest BCUT2D eigenvalue weighted by Crippen LogP contribution is 2.19. The number of hydrogen-bond acceptors (Lipinski definition) is 6. The highest BCUT2D eigenvalue weighted by Gasteiger charge is 2.25. The molecular formula is C22H29N3O4. The molecule has 0 saturated carbocycles. The van der Waals surface area contributed by atoms with E-state index in [1.165, 1.54) is 6.42 Å². The van der Waals surface area contributed by atoms with Crippen molar-refractivity contribution in [1.29, 1.82) is 0 Å². The van der Waals surface area contributed by atoms with Crippen LogP contribution in [0, 0.1) is 13.8 Å². The Hall–Kier alpha value is -2.38. The van der Waals surface area contributed by atoms with Crippen molar-refractivity contribution in [2.45, 2.75) is 39.4 Å². The van der Waals surface area contributed by atoms with Crippen LogP contribution in [0.2, 0.25) is 0 Å². The molecule has 0 N–H and O–H groups in total. The zero-order valence-electron chi connectivity index (χ0n) is 17.2. The lowest BCUT2D eigenvalue weighted by atomic mass is 10.1. The van der Waals surface area contributed by atoms with E-state index in [0.29, 0.717) is 18.3 Å². The van der Waals surface area contributed by atoms with Crippen molar-refractivity contribution in [3.8, 4) is 5.75 Å². The minimum atomic E-state index is 0.0824. The van der Waals surface area contributed by atoms with E-state index in [1.807, 2.05) is 43.0 Å². The molecule has 2 aromatic rings. The average Bonchev–Trinajstić information content (AvgIpc) is 3.37. The maximum atomic E-state index is 12.8. The molecule has 0 radical (unpaired) electrons. The summed E-state index contributed by atoms with van der Waals surface area (Å²) in [6.45, 7) is 9.39. The molecule has 156 valence electrons. The minimum absolute atomic E-state index is 0.0824. The number of rotatable bonds is 6. The zero-order chi connectivity index (χ0) is 20.2. The third-order valence-electron chi connectivity index (χ3n) is 5.81. The summed E-state index contributed by atoms with van der Waals surface area (Å²) in [5.41, 5.74) is 2.50. The van der Waals surface area contributed by atoms with Gasteiger partial charge in [0.15, 0.2) is 0 Å². The van der Waals surface area contributed by atoms with Crippen molar-refractivity contribution in [2.24, 2.45) is 0 Å². The van der Waals surface area contributed by atoms with Gasteiger partial charge in [0, 0.05) is 44.9 Å². The number of nitrogens with zero attached hydrogens (tertiary/aromatic N) is 3. The van der Waals surface area contributed by atoms with Crippen LogP contribution in [-0.4, -0.2) is 66.3 Å². The topological polar surface area (TPSA) is 68.0 Å². The van der Waals surface area contributed by atoms with Crippen LogP contribution in [0.25, 0.3) is 0 Å². The van der Waals surface area contributed by atoms with Crippen LogP contribution in [0.4, 0.5) is 0 Å². The third kappa shape index (κ3) is 4.79. The fraction of sp³-hybridized carbons (Fsp3) is 0.545. The van der Waals surface area contributed by atoms with E-state index in [-0.39, 0.29) is 5.91 Å². The van der Waals surface area contributed by atoms with E-state index in [0.717, 1.165) is 68.5 Å². The molecule has 2 saturated heterocycles. The fourth-order valence-corrected chi connectivity index (χ4v) is 3.95. The van der Waals surface area contributed by atoms with Gasteiger partial charge in [-0.2, -0.15) is 0 Å². The number of ether oxygens (including phenoxy) is 2. The normalized spacial score (nSPS) is 20.2. The van der Waals surface area contributed by atoms with E-state index >= 15 is 0 Å². The molecule has 1 atom stereocenters. The van der Waals surface area contributed by atoms with Crippen LogP contribution in [0.3, 0.4) is 0 Å². The summed E-state index contributed by atoms with van der Waals surface area (Å²) in [6.07, 6.45) is 2.69. The summed E-state index contributed by atoms with van der Waals surface area (Å²) in [6, 6.07) is 7.37. The predicted octanol–water partition coefficient (Wildman–Crippen LogP) is 2.81. The Kier molecular flexibility index (Phi) is 6.16. The maximum absolute atomic E-state index is 12.8. The summed E-state index contributed by atoms with van der Waals surface area (Å²) in [4.78, 5) is 17.2. The van der Waals surface area contributed by atoms with Gasteiger partial charge >= 0.3 is 0 Å².